The van der Waals surface area contributed by atoms with Crippen LogP contribution in [0.15, 0.2) is 23.1 Å². The molecule has 0 amide bonds. The van der Waals surface area contributed by atoms with Crippen molar-refractivity contribution in [1.29, 1.82) is 5.26 Å². The van der Waals surface area contributed by atoms with Crippen LogP contribution in [-0.2, 0) is 10.1 Å². The largest absolute Gasteiger partial charge is 0.388 e. The molecule has 1 aromatic rings. The first kappa shape index (κ1) is 17.2. The molecule has 0 aromatic heterocycles. The zero-order valence-electron chi connectivity index (χ0n) is 13.4. The summed E-state index contributed by atoms with van der Waals surface area (Å²) in [5, 5.41) is 19.2. The number of hydrogen-bond acceptors (Lipinski definition) is 5. The average molecular weight is 350 g/mol. The highest BCUT2D eigenvalue weighted by Gasteiger charge is 2.29. The molecule has 1 saturated carbocycles. The number of aliphatic hydroxyl groups excluding tert-OH is 1. The Morgan fingerprint density at radius 3 is 2.54 bits per heavy atom. The highest BCUT2D eigenvalue weighted by Crippen LogP contribution is 2.37. The van der Waals surface area contributed by atoms with Gasteiger partial charge in [0, 0.05) is 30.3 Å². The van der Waals surface area contributed by atoms with Gasteiger partial charge in [0.2, 0.25) is 0 Å². The Hall–Kier alpha value is -1.62. The Balaban J connectivity index is 1.79. The molecule has 7 heteroatoms. The highest BCUT2D eigenvalue weighted by atomic mass is 32.2. The first-order valence-electron chi connectivity index (χ1n) is 8.32. The Bertz CT molecular complexity index is 748. The van der Waals surface area contributed by atoms with Crippen LogP contribution in [-0.4, -0.2) is 31.2 Å². The van der Waals surface area contributed by atoms with Crippen LogP contribution in [0.4, 0.5) is 5.69 Å². The van der Waals surface area contributed by atoms with E-state index in [1.807, 2.05) is 0 Å². The zero-order chi connectivity index (χ0) is 17.3. The van der Waals surface area contributed by atoms with E-state index in [0.717, 1.165) is 44.5 Å². The lowest BCUT2D eigenvalue weighted by Crippen LogP contribution is -2.36. The number of nitriles is 1. The predicted molar refractivity (Wildman–Crippen MR) is 89.1 cm³/mol. The van der Waals surface area contributed by atoms with Crippen LogP contribution in [0.25, 0.3) is 0 Å². The van der Waals surface area contributed by atoms with Gasteiger partial charge >= 0.3 is 0 Å². The van der Waals surface area contributed by atoms with E-state index in [0.29, 0.717) is 17.9 Å². The van der Waals surface area contributed by atoms with Crippen molar-refractivity contribution in [2.24, 2.45) is 11.8 Å². The van der Waals surface area contributed by atoms with Crippen LogP contribution in [0.2, 0.25) is 0 Å². The maximum atomic E-state index is 11.3. The van der Waals surface area contributed by atoms with Gasteiger partial charge in [-0.15, -0.1) is 0 Å². The Morgan fingerprint density at radius 1 is 1.21 bits per heavy atom. The predicted octanol–water partition coefficient (Wildman–Crippen LogP) is 2.51. The quantitative estimate of drug-likeness (QED) is 0.812. The number of hydrogen-bond donors (Lipinski definition) is 2. The van der Waals surface area contributed by atoms with Gasteiger partial charge in [0.1, 0.15) is 0 Å². The first-order chi connectivity index (χ1) is 11.4. The highest BCUT2D eigenvalue weighted by molar-refractivity contribution is 7.85. The zero-order valence-corrected chi connectivity index (χ0v) is 14.2. The summed E-state index contributed by atoms with van der Waals surface area (Å²) >= 11 is 0. The SMILES string of the molecule is N#CC1CCC(CN2CCC(O)c3cc(S(=O)(=O)O)ccc32)CC1. The van der Waals surface area contributed by atoms with Gasteiger partial charge in [-0.3, -0.25) is 4.55 Å². The molecule has 6 nitrogen and oxygen atoms in total. The van der Waals surface area contributed by atoms with E-state index in [4.69, 9.17) is 5.26 Å². The minimum atomic E-state index is -4.27. The molecule has 0 radical (unpaired) electrons. The summed E-state index contributed by atoms with van der Waals surface area (Å²) < 4.78 is 31.8. The number of anilines is 1. The van der Waals surface area contributed by atoms with E-state index < -0.39 is 16.2 Å². The van der Waals surface area contributed by atoms with E-state index in [1.165, 1.54) is 12.1 Å². The van der Waals surface area contributed by atoms with Crippen LogP contribution >= 0.6 is 0 Å². The lowest BCUT2D eigenvalue weighted by atomic mass is 9.82. The molecule has 1 aliphatic heterocycles. The normalized spacial score (nSPS) is 27.4. The fraction of sp³-hybridized carbons (Fsp3) is 0.588. The Labute approximate surface area is 142 Å². The fourth-order valence-corrected chi connectivity index (χ4v) is 4.29. The molecule has 1 atom stereocenters. The van der Waals surface area contributed by atoms with Gasteiger partial charge in [0.05, 0.1) is 17.1 Å². The van der Waals surface area contributed by atoms with Crippen LogP contribution in [0.5, 0.6) is 0 Å². The fourth-order valence-electron chi connectivity index (χ4n) is 3.78. The molecule has 1 aromatic carbocycles. The van der Waals surface area contributed by atoms with Crippen molar-refractivity contribution in [2.45, 2.75) is 43.1 Å². The molecule has 130 valence electrons. The number of benzene rings is 1. The molecule has 0 bridgehead atoms. The van der Waals surface area contributed by atoms with Crippen molar-refractivity contribution >= 4 is 15.8 Å². The van der Waals surface area contributed by atoms with Crippen LogP contribution < -0.4 is 4.90 Å². The molecule has 2 N–H and O–H groups in total. The summed E-state index contributed by atoms with van der Waals surface area (Å²) in [5.41, 5.74) is 1.39. The number of rotatable bonds is 3. The molecule has 1 unspecified atom stereocenters. The molecular weight excluding hydrogens is 328 g/mol. The van der Waals surface area contributed by atoms with Crippen molar-refractivity contribution in [2.75, 3.05) is 18.0 Å². The Morgan fingerprint density at radius 2 is 1.92 bits per heavy atom. The number of nitrogens with zero attached hydrogens (tertiary/aromatic N) is 2. The smallest absolute Gasteiger partial charge is 0.294 e. The van der Waals surface area contributed by atoms with Crippen molar-refractivity contribution in [3.8, 4) is 6.07 Å². The van der Waals surface area contributed by atoms with E-state index in [1.54, 1.807) is 6.07 Å². The van der Waals surface area contributed by atoms with Crippen molar-refractivity contribution in [3.05, 3.63) is 23.8 Å². The number of aliphatic hydroxyl groups is 1. The monoisotopic (exact) mass is 350 g/mol. The van der Waals surface area contributed by atoms with Crippen LogP contribution in [0, 0.1) is 23.2 Å². The topological polar surface area (TPSA) is 102 Å². The van der Waals surface area contributed by atoms with Gasteiger partial charge in [0.25, 0.3) is 10.1 Å². The van der Waals surface area contributed by atoms with E-state index in [9.17, 15) is 18.1 Å². The third-order valence-corrected chi connectivity index (χ3v) is 6.03. The van der Waals surface area contributed by atoms with Gasteiger partial charge in [-0.25, -0.2) is 0 Å². The van der Waals surface area contributed by atoms with E-state index in [-0.39, 0.29) is 10.8 Å². The Kier molecular flexibility index (Phi) is 4.81. The molecule has 3 rings (SSSR count). The summed E-state index contributed by atoms with van der Waals surface area (Å²) in [6, 6.07) is 6.76. The maximum absolute atomic E-state index is 11.3. The third-order valence-electron chi connectivity index (χ3n) is 5.18. The molecule has 2 aliphatic rings. The maximum Gasteiger partial charge on any atom is 0.294 e. The van der Waals surface area contributed by atoms with Gasteiger partial charge in [-0.1, -0.05) is 0 Å². The summed E-state index contributed by atoms with van der Waals surface area (Å²) in [6.07, 6.45) is 3.74. The molecule has 1 fully saturated rings. The molecule has 24 heavy (non-hydrogen) atoms. The minimum Gasteiger partial charge on any atom is -0.388 e. The number of fused-ring (bicyclic) bond motifs is 1. The molecule has 1 aliphatic carbocycles. The van der Waals surface area contributed by atoms with Gasteiger partial charge in [0.15, 0.2) is 0 Å². The summed E-state index contributed by atoms with van der Waals surface area (Å²) in [5.74, 6) is 0.688. The molecule has 0 spiro atoms. The summed E-state index contributed by atoms with van der Waals surface area (Å²) in [4.78, 5) is 2.00. The van der Waals surface area contributed by atoms with Crippen molar-refractivity contribution < 1.29 is 18.1 Å². The van der Waals surface area contributed by atoms with Gasteiger partial charge in [-0.2, -0.15) is 13.7 Å². The molecule has 0 saturated heterocycles. The second-order valence-corrected chi connectivity index (χ2v) is 8.21. The van der Waals surface area contributed by atoms with Crippen LogP contribution in [0.3, 0.4) is 0 Å². The standard InChI is InChI=1S/C17H22N2O4S/c18-10-12-1-3-13(4-2-12)11-19-8-7-17(20)15-9-14(24(21,22)23)5-6-16(15)19/h5-6,9,12-13,17,20H,1-4,7-8,11H2,(H,21,22,23). The second-order valence-electron chi connectivity index (χ2n) is 6.79. The summed E-state index contributed by atoms with van der Waals surface area (Å²) in [6.45, 7) is 1.57. The van der Waals surface area contributed by atoms with Gasteiger partial charge in [-0.05, 0) is 56.2 Å². The lowest BCUT2D eigenvalue weighted by molar-refractivity contribution is 0.162. The summed E-state index contributed by atoms with van der Waals surface area (Å²) in [7, 11) is -4.27. The first-order valence-corrected chi connectivity index (χ1v) is 9.76. The second kappa shape index (κ2) is 6.71. The third kappa shape index (κ3) is 3.56. The molecule has 1 heterocycles. The average Bonchev–Trinajstić information content (AvgIpc) is 2.57. The van der Waals surface area contributed by atoms with E-state index >= 15 is 0 Å². The van der Waals surface area contributed by atoms with Crippen molar-refractivity contribution in [3.63, 3.8) is 0 Å². The molecular formula is C17H22N2O4S. The van der Waals surface area contributed by atoms with Crippen molar-refractivity contribution in [1.82, 2.24) is 0 Å². The minimum absolute atomic E-state index is 0.175. The van der Waals surface area contributed by atoms with Gasteiger partial charge < -0.3 is 10.0 Å². The van der Waals surface area contributed by atoms with Crippen LogP contribution in [0.1, 0.15) is 43.8 Å². The van der Waals surface area contributed by atoms with E-state index in [2.05, 4.69) is 11.0 Å². The lowest BCUT2D eigenvalue weighted by Gasteiger charge is -2.37.